The maximum atomic E-state index is 11.6. The van der Waals surface area contributed by atoms with Crippen LogP contribution in [0.5, 0.6) is 5.75 Å². The summed E-state index contributed by atoms with van der Waals surface area (Å²) in [6.45, 7) is 4.39. The Balaban J connectivity index is 2.38. The zero-order chi connectivity index (χ0) is 16.7. The van der Waals surface area contributed by atoms with Gasteiger partial charge in [-0.2, -0.15) is 0 Å². The van der Waals surface area contributed by atoms with Gasteiger partial charge in [-0.15, -0.1) is 0 Å². The van der Waals surface area contributed by atoms with Crippen molar-refractivity contribution >= 4 is 29.1 Å². The molecule has 0 aliphatic heterocycles. The van der Waals surface area contributed by atoms with Gasteiger partial charge in [0.2, 0.25) is 5.91 Å². The predicted molar refractivity (Wildman–Crippen MR) is 88.7 cm³/mol. The molecule has 0 heterocycles. The Hall–Kier alpha value is -1.01. The number of ether oxygens (including phenoxy) is 1. The summed E-state index contributed by atoms with van der Waals surface area (Å²) in [6.07, 6.45) is -0.744. The van der Waals surface area contributed by atoms with Gasteiger partial charge in [-0.25, -0.2) is 0 Å². The van der Waals surface area contributed by atoms with Crippen LogP contribution in [0, 0.1) is 0 Å². The van der Waals surface area contributed by atoms with E-state index in [1.807, 2.05) is 13.8 Å². The molecule has 2 N–H and O–H groups in total. The van der Waals surface area contributed by atoms with E-state index in [1.54, 1.807) is 30.1 Å². The van der Waals surface area contributed by atoms with Crippen LogP contribution < -0.4 is 10.1 Å². The molecule has 7 heteroatoms. The van der Waals surface area contributed by atoms with Gasteiger partial charge in [0.1, 0.15) is 18.5 Å². The van der Waals surface area contributed by atoms with Crippen molar-refractivity contribution in [3.05, 3.63) is 28.2 Å². The number of hydrogen-bond donors (Lipinski definition) is 2. The molecule has 1 rings (SSSR count). The van der Waals surface area contributed by atoms with Crippen molar-refractivity contribution in [2.24, 2.45) is 0 Å². The van der Waals surface area contributed by atoms with E-state index >= 15 is 0 Å². The Bertz CT molecular complexity index is 498. The van der Waals surface area contributed by atoms with Crippen molar-refractivity contribution in [3.63, 3.8) is 0 Å². The number of aliphatic hydroxyl groups excluding tert-OH is 1. The van der Waals surface area contributed by atoms with Gasteiger partial charge in [0.15, 0.2) is 0 Å². The van der Waals surface area contributed by atoms with Crippen LogP contribution >= 0.6 is 23.2 Å². The number of carbonyl (C=O) groups excluding carboxylic acids is 1. The standard InChI is InChI=1S/C15H22Cl2N2O3/c1-10(2)18-15(21)8-19(3)7-12(20)9-22-14-6-11(16)4-5-13(14)17/h4-6,10,12,20H,7-9H2,1-3H3,(H,18,21)/t12-/m1/s1. The number of carbonyl (C=O) groups is 1. The average molecular weight is 349 g/mol. The highest BCUT2D eigenvalue weighted by Crippen LogP contribution is 2.27. The zero-order valence-electron chi connectivity index (χ0n) is 13.0. The molecule has 22 heavy (non-hydrogen) atoms. The van der Waals surface area contributed by atoms with Crippen LogP contribution in [-0.4, -0.2) is 54.8 Å². The van der Waals surface area contributed by atoms with E-state index < -0.39 is 6.10 Å². The number of likely N-dealkylation sites (N-methyl/N-ethyl adjacent to an activating group) is 1. The van der Waals surface area contributed by atoms with Gasteiger partial charge >= 0.3 is 0 Å². The van der Waals surface area contributed by atoms with Crippen molar-refractivity contribution in [1.29, 1.82) is 0 Å². The normalized spacial score (nSPS) is 12.5. The molecule has 0 aromatic heterocycles. The molecule has 0 spiro atoms. The lowest BCUT2D eigenvalue weighted by molar-refractivity contribution is -0.122. The number of aliphatic hydroxyl groups is 1. The second-order valence-electron chi connectivity index (χ2n) is 5.46. The Morgan fingerprint density at radius 3 is 2.73 bits per heavy atom. The largest absolute Gasteiger partial charge is 0.489 e. The first-order valence-corrected chi connectivity index (χ1v) is 7.77. The molecule has 1 aromatic carbocycles. The summed E-state index contributed by atoms with van der Waals surface area (Å²) >= 11 is 11.8. The molecule has 0 aliphatic rings. The van der Waals surface area contributed by atoms with E-state index in [4.69, 9.17) is 27.9 Å². The fourth-order valence-electron chi connectivity index (χ4n) is 1.86. The van der Waals surface area contributed by atoms with Gasteiger partial charge in [-0.1, -0.05) is 23.2 Å². The van der Waals surface area contributed by atoms with Gasteiger partial charge in [-0.05, 0) is 33.0 Å². The molecule has 0 unspecified atom stereocenters. The molecule has 0 saturated heterocycles. The lowest BCUT2D eigenvalue weighted by Crippen LogP contribution is -2.42. The van der Waals surface area contributed by atoms with Crippen molar-refractivity contribution < 1.29 is 14.6 Å². The number of nitrogens with zero attached hydrogens (tertiary/aromatic N) is 1. The van der Waals surface area contributed by atoms with Gasteiger partial charge in [0.25, 0.3) is 0 Å². The molecule has 0 bridgehead atoms. The van der Waals surface area contributed by atoms with Crippen LogP contribution in [0.25, 0.3) is 0 Å². The van der Waals surface area contributed by atoms with Crippen molar-refractivity contribution in [3.8, 4) is 5.75 Å². The topological polar surface area (TPSA) is 61.8 Å². The number of halogens is 2. The van der Waals surface area contributed by atoms with E-state index in [0.29, 0.717) is 22.3 Å². The first kappa shape index (κ1) is 19.0. The summed E-state index contributed by atoms with van der Waals surface area (Å²) in [6, 6.07) is 4.98. The van der Waals surface area contributed by atoms with Gasteiger partial charge in [-0.3, -0.25) is 9.69 Å². The summed E-state index contributed by atoms with van der Waals surface area (Å²) in [5.41, 5.74) is 0. The molecule has 0 aliphatic carbocycles. The minimum Gasteiger partial charge on any atom is -0.489 e. The lowest BCUT2D eigenvalue weighted by Gasteiger charge is -2.21. The molecule has 5 nitrogen and oxygen atoms in total. The summed E-state index contributed by atoms with van der Waals surface area (Å²) < 4.78 is 5.46. The van der Waals surface area contributed by atoms with Crippen LogP contribution in [0.2, 0.25) is 10.0 Å². The van der Waals surface area contributed by atoms with E-state index in [1.165, 1.54) is 0 Å². The van der Waals surface area contributed by atoms with Crippen LogP contribution in [0.1, 0.15) is 13.8 Å². The smallest absolute Gasteiger partial charge is 0.234 e. The van der Waals surface area contributed by atoms with Crippen molar-refractivity contribution in [1.82, 2.24) is 10.2 Å². The van der Waals surface area contributed by atoms with Gasteiger partial charge in [0, 0.05) is 23.7 Å². The first-order valence-electron chi connectivity index (χ1n) is 7.01. The van der Waals surface area contributed by atoms with Crippen molar-refractivity contribution in [2.45, 2.75) is 26.0 Å². The van der Waals surface area contributed by atoms with Crippen LogP contribution in [-0.2, 0) is 4.79 Å². The van der Waals surface area contributed by atoms with E-state index in [-0.39, 0.29) is 25.1 Å². The van der Waals surface area contributed by atoms with E-state index in [0.717, 1.165) is 0 Å². The minimum atomic E-state index is -0.744. The van der Waals surface area contributed by atoms with E-state index in [9.17, 15) is 9.90 Å². The third kappa shape index (κ3) is 7.31. The monoisotopic (exact) mass is 348 g/mol. The van der Waals surface area contributed by atoms with Crippen LogP contribution in [0.15, 0.2) is 18.2 Å². The number of nitrogens with one attached hydrogen (secondary N) is 1. The predicted octanol–water partition coefficient (Wildman–Crippen LogP) is 2.19. The third-order valence-corrected chi connectivity index (χ3v) is 3.26. The Morgan fingerprint density at radius 1 is 1.41 bits per heavy atom. The molecular weight excluding hydrogens is 327 g/mol. The highest BCUT2D eigenvalue weighted by atomic mass is 35.5. The summed E-state index contributed by atoms with van der Waals surface area (Å²) in [5.74, 6) is 0.344. The lowest BCUT2D eigenvalue weighted by atomic mass is 10.3. The number of benzene rings is 1. The Kier molecular flexibility index (Phi) is 7.96. The van der Waals surface area contributed by atoms with E-state index in [2.05, 4.69) is 5.32 Å². The van der Waals surface area contributed by atoms with Gasteiger partial charge < -0.3 is 15.2 Å². The second-order valence-corrected chi connectivity index (χ2v) is 6.30. The first-order chi connectivity index (χ1) is 10.3. The highest BCUT2D eigenvalue weighted by molar-refractivity contribution is 6.34. The fourth-order valence-corrected chi connectivity index (χ4v) is 2.20. The quantitative estimate of drug-likeness (QED) is 0.755. The highest BCUT2D eigenvalue weighted by Gasteiger charge is 2.13. The zero-order valence-corrected chi connectivity index (χ0v) is 14.5. The number of amides is 1. The number of hydrogen-bond acceptors (Lipinski definition) is 4. The fraction of sp³-hybridized carbons (Fsp3) is 0.533. The number of rotatable bonds is 8. The maximum absolute atomic E-state index is 11.6. The summed E-state index contributed by atoms with van der Waals surface area (Å²) in [4.78, 5) is 13.3. The maximum Gasteiger partial charge on any atom is 0.234 e. The minimum absolute atomic E-state index is 0.0657. The third-order valence-electron chi connectivity index (χ3n) is 2.71. The average Bonchev–Trinajstić information content (AvgIpc) is 2.38. The molecule has 1 aromatic rings. The summed E-state index contributed by atoms with van der Waals surface area (Å²) in [7, 11) is 1.76. The van der Waals surface area contributed by atoms with Crippen LogP contribution in [0.3, 0.4) is 0 Å². The van der Waals surface area contributed by atoms with Gasteiger partial charge in [0.05, 0.1) is 11.6 Å². The summed E-state index contributed by atoms with van der Waals surface area (Å²) in [5, 5.41) is 13.7. The molecule has 1 atom stereocenters. The molecule has 0 fully saturated rings. The Morgan fingerprint density at radius 2 is 2.09 bits per heavy atom. The molecular formula is C15H22Cl2N2O3. The molecule has 124 valence electrons. The van der Waals surface area contributed by atoms with Crippen molar-refractivity contribution in [2.75, 3.05) is 26.7 Å². The SMILES string of the molecule is CC(C)NC(=O)CN(C)C[C@@H](O)COc1cc(Cl)ccc1Cl. The van der Waals surface area contributed by atoms with Crippen LogP contribution in [0.4, 0.5) is 0 Å². The molecule has 0 radical (unpaired) electrons. The second kappa shape index (κ2) is 9.20. The Labute approximate surface area is 141 Å². The molecule has 0 saturated carbocycles. The molecule has 1 amide bonds.